The number of halogens is 1. The minimum atomic E-state index is -0.668. The average molecular weight is 674 g/mol. The number of nitro groups is 1. The number of fused-ring (bicyclic) bond motifs is 4. The first kappa shape index (κ1) is 33.7. The summed E-state index contributed by atoms with van der Waals surface area (Å²) in [6, 6.07) is 8.70. The van der Waals surface area contributed by atoms with Crippen molar-refractivity contribution in [2.45, 2.75) is 33.1 Å². The van der Waals surface area contributed by atoms with Crippen LogP contribution in [0.3, 0.4) is 0 Å². The Balaban J connectivity index is 0.000000639. The van der Waals surface area contributed by atoms with Crippen LogP contribution in [-0.2, 0) is 0 Å². The van der Waals surface area contributed by atoms with Crippen molar-refractivity contribution in [3.05, 3.63) is 74.3 Å². The van der Waals surface area contributed by atoms with Crippen LogP contribution >= 0.6 is 0 Å². The molecule has 6 aromatic rings. The number of anilines is 1. The summed E-state index contributed by atoms with van der Waals surface area (Å²) >= 11 is 0. The van der Waals surface area contributed by atoms with Gasteiger partial charge in [0.2, 0.25) is 5.43 Å². The number of pyridine rings is 1. The Labute approximate surface area is 280 Å². The summed E-state index contributed by atoms with van der Waals surface area (Å²) in [5.74, 6) is -1.25. The summed E-state index contributed by atoms with van der Waals surface area (Å²) in [5.41, 5.74) is 2.07. The van der Waals surface area contributed by atoms with Crippen LogP contribution in [0.25, 0.3) is 49.8 Å². The first-order valence-electron chi connectivity index (χ1n) is 16.5. The molecule has 4 heterocycles. The number of hydrogen-bond donors (Lipinski definition) is 3. The number of nitro benzene ring substituents is 1. The van der Waals surface area contributed by atoms with Gasteiger partial charge < -0.3 is 38.7 Å². The molecule has 0 atom stereocenters. The van der Waals surface area contributed by atoms with Crippen molar-refractivity contribution in [3.8, 4) is 0 Å². The van der Waals surface area contributed by atoms with Gasteiger partial charge in [-0.1, -0.05) is 6.92 Å². The molecule has 1 aliphatic heterocycles. The van der Waals surface area contributed by atoms with Crippen LogP contribution in [0.5, 0.6) is 0 Å². The molecular weight excluding hydrogens is 633 g/mol. The normalized spacial score (nSPS) is 13.5. The molecule has 49 heavy (non-hydrogen) atoms. The maximum atomic E-state index is 15.7. The van der Waals surface area contributed by atoms with E-state index in [2.05, 4.69) is 46.4 Å². The van der Waals surface area contributed by atoms with Gasteiger partial charge in [0.25, 0.3) is 11.6 Å². The van der Waals surface area contributed by atoms with E-state index in [-0.39, 0.29) is 33.5 Å². The number of carbonyl (C=O) groups is 1. The third-order valence-corrected chi connectivity index (χ3v) is 8.57. The number of aromatic nitrogens is 2. The third-order valence-electron chi connectivity index (χ3n) is 8.57. The third kappa shape index (κ3) is 6.74. The summed E-state index contributed by atoms with van der Waals surface area (Å²) in [4.78, 5) is 44.9. The summed E-state index contributed by atoms with van der Waals surface area (Å²) in [7, 11) is 4.17. The lowest BCUT2D eigenvalue weighted by Crippen LogP contribution is -2.29. The van der Waals surface area contributed by atoms with Crippen LogP contribution in [-0.4, -0.2) is 83.4 Å². The molecule has 14 heteroatoms. The molecule has 1 amide bonds. The van der Waals surface area contributed by atoms with Crippen LogP contribution < -0.4 is 16.1 Å². The Morgan fingerprint density at radius 2 is 1.82 bits per heavy atom. The topological polar surface area (TPSA) is 154 Å². The van der Waals surface area contributed by atoms with Crippen molar-refractivity contribution >= 4 is 67.1 Å². The molecule has 3 aromatic heterocycles. The predicted molar refractivity (Wildman–Crippen MR) is 189 cm³/mol. The van der Waals surface area contributed by atoms with E-state index in [0.717, 1.165) is 38.5 Å². The van der Waals surface area contributed by atoms with Gasteiger partial charge in [0, 0.05) is 44.0 Å². The van der Waals surface area contributed by atoms with Crippen molar-refractivity contribution in [2.24, 2.45) is 0 Å². The number of non-ortho nitro benzene ring substituents is 1. The number of amides is 1. The zero-order chi connectivity index (χ0) is 34.8. The number of carbonyl (C=O) groups excluding carboxylic acids is 1. The highest BCUT2D eigenvalue weighted by molar-refractivity contribution is 6.06. The van der Waals surface area contributed by atoms with Crippen molar-refractivity contribution in [1.82, 2.24) is 24.5 Å². The number of nitrogens with zero attached hydrogens (tertiary/aromatic N) is 4. The monoisotopic (exact) mass is 673 g/mol. The number of nitrogens with one attached hydrogen (secondary N) is 3. The van der Waals surface area contributed by atoms with Gasteiger partial charge in [-0.25, -0.2) is 4.39 Å². The second-order valence-corrected chi connectivity index (χ2v) is 12.4. The second kappa shape index (κ2) is 14.1. The van der Waals surface area contributed by atoms with E-state index in [9.17, 15) is 19.7 Å². The first-order chi connectivity index (χ1) is 23.6. The molecule has 1 fully saturated rings. The Kier molecular flexibility index (Phi) is 9.69. The maximum absolute atomic E-state index is 15.7. The number of benzene rings is 3. The fourth-order valence-corrected chi connectivity index (χ4v) is 6.28. The van der Waals surface area contributed by atoms with Gasteiger partial charge in [-0.2, -0.15) is 0 Å². The minimum Gasteiger partial charge on any atom is -0.453 e. The number of H-pyrrole nitrogens is 1. The van der Waals surface area contributed by atoms with Gasteiger partial charge in [-0.05, 0) is 72.0 Å². The quantitative estimate of drug-likeness (QED) is 0.0699. The SMILES string of the molecule is CCCN(C)C.CCNC(=O)c1cn2c3cc4oc5cc([N+](=O)[O-])ccc5[nH]c4cc3oc3c(NCCN4CCCC4)c(F)cc(c1=O)c32. The number of hydrogen-bond acceptors (Lipinski definition) is 9. The molecule has 0 aliphatic carbocycles. The molecule has 3 aromatic carbocycles. The number of aromatic amines is 1. The van der Waals surface area contributed by atoms with E-state index in [1.807, 2.05) is 0 Å². The zero-order valence-electron chi connectivity index (χ0n) is 28.0. The molecular formula is C35H40FN7O6. The van der Waals surface area contributed by atoms with E-state index in [1.54, 1.807) is 29.5 Å². The Morgan fingerprint density at radius 3 is 2.49 bits per heavy atom. The highest BCUT2D eigenvalue weighted by atomic mass is 19.1. The van der Waals surface area contributed by atoms with E-state index < -0.39 is 22.1 Å². The van der Waals surface area contributed by atoms with Gasteiger partial charge in [-0.3, -0.25) is 19.7 Å². The molecule has 13 nitrogen and oxygen atoms in total. The van der Waals surface area contributed by atoms with Crippen LogP contribution in [0.15, 0.2) is 56.2 Å². The molecule has 1 aliphatic rings. The van der Waals surface area contributed by atoms with E-state index in [0.29, 0.717) is 46.3 Å². The van der Waals surface area contributed by atoms with Gasteiger partial charge >= 0.3 is 0 Å². The van der Waals surface area contributed by atoms with Crippen LogP contribution in [0.4, 0.5) is 15.8 Å². The van der Waals surface area contributed by atoms with Gasteiger partial charge in [-0.15, -0.1) is 0 Å². The van der Waals surface area contributed by atoms with Crippen molar-refractivity contribution in [1.29, 1.82) is 0 Å². The van der Waals surface area contributed by atoms with E-state index >= 15 is 4.39 Å². The van der Waals surface area contributed by atoms with Crippen LogP contribution in [0, 0.1) is 15.9 Å². The largest absolute Gasteiger partial charge is 0.453 e. The summed E-state index contributed by atoms with van der Waals surface area (Å²) in [6.45, 7) is 8.61. The molecule has 258 valence electrons. The molecule has 0 unspecified atom stereocenters. The maximum Gasteiger partial charge on any atom is 0.273 e. The van der Waals surface area contributed by atoms with Crippen LogP contribution in [0.1, 0.15) is 43.5 Å². The summed E-state index contributed by atoms with van der Waals surface area (Å²) in [5, 5.41) is 17.1. The second-order valence-electron chi connectivity index (χ2n) is 12.4. The smallest absolute Gasteiger partial charge is 0.273 e. The highest BCUT2D eigenvalue weighted by Gasteiger charge is 2.24. The molecule has 3 N–H and O–H groups in total. The minimum absolute atomic E-state index is 0.00951. The molecule has 1 saturated heterocycles. The molecule has 0 spiro atoms. The van der Waals surface area contributed by atoms with Crippen molar-refractivity contribution in [2.75, 3.05) is 58.7 Å². The predicted octanol–water partition coefficient (Wildman–Crippen LogP) is 6.25. The fourth-order valence-electron chi connectivity index (χ4n) is 6.28. The Bertz CT molecular complexity index is 2280. The zero-order valence-corrected chi connectivity index (χ0v) is 28.0. The van der Waals surface area contributed by atoms with Crippen molar-refractivity contribution < 1.29 is 22.9 Å². The van der Waals surface area contributed by atoms with Crippen LogP contribution in [0.2, 0.25) is 0 Å². The van der Waals surface area contributed by atoms with E-state index in [1.165, 1.54) is 31.3 Å². The molecule has 0 saturated carbocycles. The molecule has 7 rings (SSSR count). The van der Waals surface area contributed by atoms with Gasteiger partial charge in [0.05, 0.1) is 32.9 Å². The highest BCUT2D eigenvalue weighted by Crippen LogP contribution is 2.35. The Morgan fingerprint density at radius 1 is 1.06 bits per heavy atom. The lowest BCUT2D eigenvalue weighted by molar-refractivity contribution is -0.384. The van der Waals surface area contributed by atoms with Gasteiger partial charge in [0.15, 0.2) is 28.1 Å². The fraction of sp³-hybridized carbons (Fsp3) is 0.371. The van der Waals surface area contributed by atoms with E-state index in [4.69, 9.17) is 8.83 Å². The number of rotatable bonds is 9. The summed E-state index contributed by atoms with van der Waals surface area (Å²) < 4.78 is 29.7. The number of likely N-dealkylation sites (tertiary alicyclic amines) is 1. The summed E-state index contributed by atoms with van der Waals surface area (Å²) in [6.07, 6.45) is 4.96. The van der Waals surface area contributed by atoms with Gasteiger partial charge in [0.1, 0.15) is 16.8 Å². The molecule has 0 bridgehead atoms. The molecule has 0 radical (unpaired) electrons. The lowest BCUT2D eigenvalue weighted by atomic mass is 10.1. The average Bonchev–Trinajstić information content (AvgIpc) is 3.59. The first-order valence-corrected chi connectivity index (χ1v) is 16.5. The van der Waals surface area contributed by atoms with Crippen molar-refractivity contribution in [3.63, 3.8) is 0 Å². The standard InChI is InChI=1S/C30H27FN6O6.C5H13N/c1-2-32-30(39)18-15-36-22-14-24-21(34-20-6-5-16(37(40)41)11-23(20)42-24)13-25(22)43-29-26(33-7-10-35-8-3-4-9-35)19(31)12-17(27(29)36)28(18)38;1-4-5-6(2)3/h5-6,11-15,33-34H,2-4,7-10H2,1H3,(H,32,39);4-5H2,1-3H3. The lowest BCUT2D eigenvalue weighted by Gasteiger charge is -2.18. The Hall–Kier alpha value is -5.21.